The van der Waals surface area contributed by atoms with E-state index in [1.807, 2.05) is 6.07 Å². The van der Waals surface area contributed by atoms with E-state index < -0.39 is 30.2 Å². The molecule has 0 radical (unpaired) electrons. The lowest BCUT2D eigenvalue weighted by atomic mass is 10.2. The highest BCUT2D eigenvalue weighted by molar-refractivity contribution is 6.05. The molecule has 0 aliphatic rings. The number of likely N-dealkylation sites (N-methyl/N-ethyl adjacent to an activating group) is 1. The van der Waals surface area contributed by atoms with Crippen molar-refractivity contribution in [2.45, 2.75) is 0 Å². The number of hydrogen-bond acceptors (Lipinski definition) is 5. The first-order chi connectivity index (χ1) is 16.8. The van der Waals surface area contributed by atoms with Crippen molar-refractivity contribution < 1.29 is 29.4 Å². The number of nitrogens with zero attached hydrogens (tertiary/aromatic N) is 2. The number of carboxylic acid groups (broad SMARTS) is 1. The van der Waals surface area contributed by atoms with E-state index in [4.69, 9.17) is 5.11 Å². The van der Waals surface area contributed by atoms with Crippen LogP contribution in [0.4, 0.5) is 21.9 Å². The third-order valence-corrected chi connectivity index (χ3v) is 5.06. The molecule has 35 heavy (non-hydrogen) atoms. The van der Waals surface area contributed by atoms with Gasteiger partial charge in [-0.1, -0.05) is 36.4 Å². The number of carbonyl (C=O) groups excluding carboxylic acids is 3. The zero-order valence-corrected chi connectivity index (χ0v) is 18.8. The Hall–Kier alpha value is -4.86. The molecular formula is C25H24N4O6. The number of aromatic hydroxyl groups is 1. The molecule has 4 N–H and O–H groups in total. The Bertz CT molecular complexity index is 1220. The number of phenols is 1. The molecule has 3 aromatic carbocycles. The fourth-order valence-corrected chi connectivity index (χ4v) is 3.18. The van der Waals surface area contributed by atoms with Crippen molar-refractivity contribution >= 4 is 40.9 Å². The maximum absolute atomic E-state index is 13.0. The second kappa shape index (κ2) is 11.3. The van der Waals surface area contributed by atoms with Crippen LogP contribution in [0.5, 0.6) is 5.75 Å². The van der Waals surface area contributed by atoms with Gasteiger partial charge in [0.15, 0.2) is 0 Å². The van der Waals surface area contributed by atoms with Crippen molar-refractivity contribution in [1.29, 1.82) is 0 Å². The molecule has 3 aromatic rings. The highest BCUT2D eigenvalue weighted by Crippen LogP contribution is 2.21. The largest absolute Gasteiger partial charge is 0.507 e. The molecule has 0 fully saturated rings. The second-order valence-corrected chi connectivity index (χ2v) is 7.45. The minimum absolute atomic E-state index is 0.115. The van der Waals surface area contributed by atoms with E-state index in [0.29, 0.717) is 11.4 Å². The first-order valence-corrected chi connectivity index (χ1v) is 10.5. The van der Waals surface area contributed by atoms with E-state index in [1.165, 1.54) is 15.9 Å². The number of anilines is 3. The Morgan fingerprint density at radius 1 is 0.829 bits per heavy atom. The number of carboxylic acids is 1. The van der Waals surface area contributed by atoms with Gasteiger partial charge in [-0.15, -0.1) is 0 Å². The van der Waals surface area contributed by atoms with Crippen molar-refractivity contribution in [3.63, 3.8) is 0 Å². The number of para-hydroxylation sites is 2. The van der Waals surface area contributed by atoms with E-state index in [2.05, 4.69) is 10.6 Å². The van der Waals surface area contributed by atoms with Gasteiger partial charge in [0.1, 0.15) is 17.9 Å². The van der Waals surface area contributed by atoms with E-state index in [9.17, 15) is 24.3 Å². The first-order valence-electron chi connectivity index (χ1n) is 10.5. The minimum atomic E-state index is -1.36. The third kappa shape index (κ3) is 6.57. The molecule has 0 saturated heterocycles. The van der Waals surface area contributed by atoms with Crippen molar-refractivity contribution in [3.05, 3.63) is 84.4 Å². The number of amides is 4. The lowest BCUT2D eigenvalue weighted by molar-refractivity contribution is -0.121. The molecule has 0 bridgehead atoms. The average molecular weight is 476 g/mol. The van der Waals surface area contributed by atoms with Gasteiger partial charge in [0.2, 0.25) is 11.8 Å². The van der Waals surface area contributed by atoms with E-state index >= 15 is 0 Å². The Morgan fingerprint density at radius 2 is 1.43 bits per heavy atom. The SMILES string of the molecule is CN(C(=O)CN(C(=O)CNC(=O)Nc1ccc(O)c(C(=O)O)c1)c1ccccc1)c1ccccc1. The van der Waals surface area contributed by atoms with Gasteiger partial charge in [-0.25, -0.2) is 9.59 Å². The number of nitrogens with one attached hydrogen (secondary N) is 2. The molecule has 0 spiro atoms. The summed E-state index contributed by atoms with van der Waals surface area (Å²) in [4.78, 5) is 52.0. The second-order valence-electron chi connectivity index (χ2n) is 7.45. The van der Waals surface area contributed by atoms with E-state index in [1.54, 1.807) is 61.6 Å². The predicted molar refractivity (Wildman–Crippen MR) is 131 cm³/mol. The summed E-state index contributed by atoms with van der Waals surface area (Å²) < 4.78 is 0. The van der Waals surface area contributed by atoms with Crippen molar-refractivity contribution in [3.8, 4) is 5.75 Å². The van der Waals surface area contributed by atoms with Gasteiger partial charge in [-0.05, 0) is 42.5 Å². The zero-order chi connectivity index (χ0) is 25.4. The van der Waals surface area contributed by atoms with Crippen LogP contribution >= 0.6 is 0 Å². The van der Waals surface area contributed by atoms with Crippen LogP contribution in [0, 0.1) is 0 Å². The topological polar surface area (TPSA) is 139 Å². The molecule has 10 heteroatoms. The van der Waals surface area contributed by atoms with Gasteiger partial charge < -0.3 is 30.6 Å². The Kier molecular flexibility index (Phi) is 8.02. The summed E-state index contributed by atoms with van der Waals surface area (Å²) in [5, 5.41) is 23.5. The Morgan fingerprint density at radius 3 is 2.03 bits per heavy atom. The highest BCUT2D eigenvalue weighted by atomic mass is 16.4. The number of rotatable bonds is 8. The van der Waals surface area contributed by atoms with Crippen LogP contribution in [0.25, 0.3) is 0 Å². The van der Waals surface area contributed by atoms with Gasteiger partial charge in [-0.3, -0.25) is 9.59 Å². The molecule has 0 saturated carbocycles. The molecule has 0 atom stereocenters. The monoisotopic (exact) mass is 476 g/mol. The van der Waals surface area contributed by atoms with E-state index in [0.717, 1.165) is 12.1 Å². The molecule has 0 unspecified atom stereocenters. The summed E-state index contributed by atoms with van der Waals surface area (Å²) in [6, 6.07) is 20.4. The molecule has 0 aromatic heterocycles. The number of carbonyl (C=O) groups is 4. The smallest absolute Gasteiger partial charge is 0.339 e. The first kappa shape index (κ1) is 24.8. The third-order valence-electron chi connectivity index (χ3n) is 5.06. The molecular weight excluding hydrogens is 452 g/mol. The van der Waals surface area contributed by atoms with Gasteiger partial charge in [0.25, 0.3) is 0 Å². The number of urea groups is 1. The van der Waals surface area contributed by atoms with Crippen LogP contribution in [-0.4, -0.2) is 54.2 Å². The van der Waals surface area contributed by atoms with Crippen LogP contribution in [0.1, 0.15) is 10.4 Å². The van der Waals surface area contributed by atoms with Gasteiger partial charge in [-0.2, -0.15) is 0 Å². The van der Waals surface area contributed by atoms with Crippen LogP contribution in [0.3, 0.4) is 0 Å². The number of aromatic carboxylic acids is 1. The standard InChI is InChI=1S/C25H24N4O6/c1-28(18-8-4-2-5-9-18)23(32)16-29(19-10-6-3-7-11-19)22(31)15-26-25(35)27-17-12-13-21(30)20(14-17)24(33)34/h2-14,30H,15-16H2,1H3,(H,33,34)(H2,26,27,35). The van der Waals surface area contributed by atoms with Crippen molar-refractivity contribution in [1.82, 2.24) is 5.32 Å². The van der Waals surface area contributed by atoms with Crippen LogP contribution in [0.15, 0.2) is 78.9 Å². The zero-order valence-electron chi connectivity index (χ0n) is 18.8. The molecule has 10 nitrogen and oxygen atoms in total. The molecule has 0 heterocycles. The fourth-order valence-electron chi connectivity index (χ4n) is 3.18. The lowest BCUT2D eigenvalue weighted by Crippen LogP contribution is -2.46. The lowest BCUT2D eigenvalue weighted by Gasteiger charge is -2.25. The van der Waals surface area contributed by atoms with Gasteiger partial charge >= 0.3 is 12.0 Å². The Labute approximate surface area is 201 Å². The molecule has 0 aliphatic heterocycles. The normalized spacial score (nSPS) is 10.2. The van der Waals surface area contributed by atoms with E-state index in [-0.39, 0.29) is 23.7 Å². The fraction of sp³-hybridized carbons (Fsp3) is 0.120. The minimum Gasteiger partial charge on any atom is -0.507 e. The summed E-state index contributed by atoms with van der Waals surface area (Å²) >= 11 is 0. The maximum Gasteiger partial charge on any atom is 0.339 e. The van der Waals surface area contributed by atoms with Crippen molar-refractivity contribution in [2.75, 3.05) is 35.3 Å². The molecule has 0 aliphatic carbocycles. The summed E-state index contributed by atoms with van der Waals surface area (Å²) in [7, 11) is 1.61. The number of hydrogen-bond donors (Lipinski definition) is 4. The highest BCUT2D eigenvalue weighted by Gasteiger charge is 2.22. The molecule has 4 amide bonds. The predicted octanol–water partition coefficient (Wildman–Crippen LogP) is 2.91. The van der Waals surface area contributed by atoms with Crippen LogP contribution < -0.4 is 20.4 Å². The van der Waals surface area contributed by atoms with Crippen LogP contribution in [-0.2, 0) is 9.59 Å². The molecule has 180 valence electrons. The van der Waals surface area contributed by atoms with Gasteiger partial charge in [0, 0.05) is 24.1 Å². The maximum atomic E-state index is 13.0. The Balaban J connectivity index is 1.67. The summed E-state index contributed by atoms with van der Waals surface area (Å²) in [5.41, 5.74) is 0.893. The average Bonchev–Trinajstić information content (AvgIpc) is 2.87. The van der Waals surface area contributed by atoms with Gasteiger partial charge in [0.05, 0.1) is 6.54 Å². The quantitative estimate of drug-likeness (QED) is 0.369. The molecule has 3 rings (SSSR count). The van der Waals surface area contributed by atoms with Crippen LogP contribution in [0.2, 0.25) is 0 Å². The summed E-state index contributed by atoms with van der Waals surface area (Å²) in [6.07, 6.45) is 0. The van der Waals surface area contributed by atoms with Crippen molar-refractivity contribution in [2.24, 2.45) is 0 Å². The summed E-state index contributed by atoms with van der Waals surface area (Å²) in [5.74, 6) is -2.66. The summed E-state index contributed by atoms with van der Waals surface area (Å²) in [6.45, 7) is -0.676. The number of benzene rings is 3.